The quantitative estimate of drug-likeness (QED) is 0.495. The Morgan fingerprint density at radius 3 is 2.29 bits per heavy atom. The highest BCUT2D eigenvalue weighted by Crippen LogP contribution is 2.22. The summed E-state index contributed by atoms with van der Waals surface area (Å²) in [6, 6.07) is 7.48. The van der Waals surface area contributed by atoms with Crippen LogP contribution in [0.5, 0.6) is 0 Å². The van der Waals surface area contributed by atoms with E-state index in [0.717, 1.165) is 24.1 Å². The number of carbonyl (C=O) groups excluding carboxylic acids is 2. The lowest BCUT2D eigenvalue weighted by Crippen LogP contribution is -2.49. The molecule has 6 nitrogen and oxygen atoms in total. The van der Waals surface area contributed by atoms with Crippen LogP contribution in [0.2, 0.25) is 0 Å². The Morgan fingerprint density at radius 1 is 1.17 bits per heavy atom. The van der Waals surface area contributed by atoms with E-state index in [0.29, 0.717) is 12.6 Å². The van der Waals surface area contributed by atoms with Crippen LogP contribution in [0.1, 0.15) is 44.6 Å². The van der Waals surface area contributed by atoms with Gasteiger partial charge in [-0.3, -0.25) is 9.80 Å². The molecule has 7 heteroatoms. The number of amides is 3. The molecule has 1 aliphatic carbocycles. The summed E-state index contributed by atoms with van der Waals surface area (Å²) in [5, 5.41) is 3.96. The van der Waals surface area contributed by atoms with Gasteiger partial charge in [-0.2, -0.15) is 0 Å². The summed E-state index contributed by atoms with van der Waals surface area (Å²) in [6.07, 6.45) is 5.73. The van der Waals surface area contributed by atoms with Crippen molar-refractivity contribution in [3.8, 4) is 0 Å². The van der Waals surface area contributed by atoms with Gasteiger partial charge in [0.15, 0.2) is 0 Å². The van der Waals surface area contributed by atoms with Crippen molar-refractivity contribution in [3.05, 3.63) is 29.8 Å². The lowest BCUT2D eigenvalue weighted by atomic mass is 9.95. The second kappa shape index (κ2) is 9.49. The monoisotopic (exact) mass is 354 g/mol. The zero-order valence-corrected chi connectivity index (χ0v) is 15.1. The number of carbonyl (C=O) groups is 2. The van der Waals surface area contributed by atoms with Crippen molar-refractivity contribution in [3.63, 3.8) is 0 Å². The number of nitrogens with zero attached hydrogens (tertiary/aromatic N) is 2. The summed E-state index contributed by atoms with van der Waals surface area (Å²) in [5.74, 6) is 5.84. The number of urea groups is 1. The third-order valence-electron chi connectivity index (χ3n) is 4.30. The Bertz CT molecular complexity index is 544. The summed E-state index contributed by atoms with van der Waals surface area (Å²) < 4.78 is 0. The second-order valence-electron chi connectivity index (χ2n) is 6.19. The van der Waals surface area contributed by atoms with Crippen molar-refractivity contribution in [2.75, 3.05) is 12.4 Å². The minimum atomic E-state index is -0.150. The first-order valence-corrected chi connectivity index (χ1v) is 8.13. The number of nitrogens with two attached hydrogens (primary N) is 1. The van der Waals surface area contributed by atoms with Crippen LogP contribution in [-0.4, -0.2) is 34.9 Å². The van der Waals surface area contributed by atoms with E-state index in [1.54, 1.807) is 17.0 Å². The van der Waals surface area contributed by atoms with Gasteiger partial charge in [0.25, 0.3) is 0 Å². The fraction of sp³-hybridized carbons (Fsp3) is 0.529. The Morgan fingerprint density at radius 2 is 1.75 bits per heavy atom. The number of anilines is 1. The van der Waals surface area contributed by atoms with Gasteiger partial charge in [-0.25, -0.2) is 10.6 Å². The minimum Gasteiger partial charge on any atom is -0.326 e. The van der Waals surface area contributed by atoms with Gasteiger partial charge in [0, 0.05) is 25.7 Å². The Balaban J connectivity index is 0.00000288. The maximum Gasteiger partial charge on any atom is 0.334 e. The molecule has 134 valence electrons. The first-order chi connectivity index (χ1) is 11.0. The van der Waals surface area contributed by atoms with E-state index < -0.39 is 0 Å². The molecule has 1 aliphatic rings. The second-order valence-corrected chi connectivity index (χ2v) is 6.19. The third kappa shape index (κ3) is 5.69. The molecule has 0 radical (unpaired) electrons. The van der Waals surface area contributed by atoms with E-state index in [4.69, 9.17) is 5.84 Å². The largest absolute Gasteiger partial charge is 0.334 e. The van der Waals surface area contributed by atoms with Gasteiger partial charge in [0.2, 0.25) is 5.91 Å². The summed E-state index contributed by atoms with van der Waals surface area (Å²) in [5.41, 5.74) is 1.66. The molecule has 0 atom stereocenters. The van der Waals surface area contributed by atoms with Gasteiger partial charge in [-0.15, -0.1) is 12.4 Å². The van der Waals surface area contributed by atoms with E-state index in [1.165, 1.54) is 31.2 Å². The zero-order valence-electron chi connectivity index (χ0n) is 14.3. The van der Waals surface area contributed by atoms with Crippen molar-refractivity contribution < 1.29 is 9.59 Å². The lowest BCUT2D eigenvalue weighted by molar-refractivity contribution is -0.114. The van der Waals surface area contributed by atoms with Crippen molar-refractivity contribution in [2.24, 2.45) is 5.84 Å². The van der Waals surface area contributed by atoms with Crippen molar-refractivity contribution in [1.29, 1.82) is 0 Å². The molecule has 0 saturated heterocycles. The molecule has 0 aromatic heterocycles. The fourth-order valence-electron chi connectivity index (χ4n) is 2.99. The normalized spacial score (nSPS) is 14.5. The molecule has 0 bridgehead atoms. The van der Waals surface area contributed by atoms with E-state index in [2.05, 4.69) is 5.32 Å². The molecular formula is C17H27ClN4O2. The van der Waals surface area contributed by atoms with Crippen molar-refractivity contribution >= 4 is 30.0 Å². The number of rotatable bonds is 4. The minimum absolute atomic E-state index is 0. The van der Waals surface area contributed by atoms with Gasteiger partial charge >= 0.3 is 6.03 Å². The Hall–Kier alpha value is -1.79. The molecule has 2 rings (SSSR count). The molecule has 0 heterocycles. The smallest absolute Gasteiger partial charge is 0.326 e. The number of hydrazine groups is 1. The fourth-order valence-corrected chi connectivity index (χ4v) is 2.99. The molecule has 1 saturated carbocycles. The highest BCUT2D eigenvalue weighted by molar-refractivity contribution is 5.88. The first kappa shape index (κ1) is 20.3. The van der Waals surface area contributed by atoms with Crippen LogP contribution in [0, 0.1) is 0 Å². The van der Waals surface area contributed by atoms with Gasteiger partial charge in [-0.05, 0) is 30.5 Å². The zero-order chi connectivity index (χ0) is 16.8. The van der Waals surface area contributed by atoms with Gasteiger partial charge < -0.3 is 10.2 Å². The molecule has 1 fully saturated rings. The highest BCUT2D eigenvalue weighted by Gasteiger charge is 2.24. The summed E-state index contributed by atoms with van der Waals surface area (Å²) >= 11 is 0. The first-order valence-electron chi connectivity index (χ1n) is 8.13. The molecule has 0 unspecified atom stereocenters. The third-order valence-corrected chi connectivity index (χ3v) is 4.30. The highest BCUT2D eigenvalue weighted by atomic mass is 35.5. The van der Waals surface area contributed by atoms with E-state index in [9.17, 15) is 9.59 Å². The molecule has 3 amide bonds. The predicted octanol–water partition coefficient (Wildman–Crippen LogP) is 3.13. The van der Waals surface area contributed by atoms with Crippen molar-refractivity contribution in [2.45, 2.75) is 51.6 Å². The number of hydrogen-bond donors (Lipinski definition) is 2. The molecule has 3 N–H and O–H groups in total. The SMILES string of the molecule is CC(=O)Nc1ccc(CN(N)C(=O)N(C)C2CCCCC2)cc1.Cl. The van der Waals surface area contributed by atoms with E-state index in [1.807, 2.05) is 19.2 Å². The van der Waals surface area contributed by atoms with Gasteiger partial charge in [-0.1, -0.05) is 31.4 Å². The lowest BCUT2D eigenvalue weighted by Gasteiger charge is -2.33. The summed E-state index contributed by atoms with van der Waals surface area (Å²) in [6.45, 7) is 1.81. The topological polar surface area (TPSA) is 78.7 Å². The van der Waals surface area contributed by atoms with Crippen LogP contribution in [0.15, 0.2) is 24.3 Å². The molecule has 24 heavy (non-hydrogen) atoms. The summed E-state index contributed by atoms with van der Waals surface area (Å²) in [7, 11) is 1.83. The van der Waals surface area contributed by atoms with Crippen LogP contribution in [0.3, 0.4) is 0 Å². The molecule has 0 aliphatic heterocycles. The maximum absolute atomic E-state index is 12.4. The number of benzene rings is 1. The molecule has 0 spiro atoms. The molecule has 1 aromatic carbocycles. The van der Waals surface area contributed by atoms with Crippen LogP contribution in [0.4, 0.5) is 10.5 Å². The maximum atomic E-state index is 12.4. The van der Waals surface area contributed by atoms with Crippen LogP contribution < -0.4 is 11.2 Å². The molecule has 1 aromatic rings. The number of halogens is 1. The van der Waals surface area contributed by atoms with Gasteiger partial charge in [0.05, 0.1) is 6.54 Å². The van der Waals surface area contributed by atoms with Crippen molar-refractivity contribution in [1.82, 2.24) is 9.91 Å². The van der Waals surface area contributed by atoms with Gasteiger partial charge in [0.1, 0.15) is 0 Å². The Kier molecular flexibility index (Phi) is 8.01. The van der Waals surface area contributed by atoms with Crippen LogP contribution in [-0.2, 0) is 11.3 Å². The Labute approximate surface area is 149 Å². The average Bonchev–Trinajstić information content (AvgIpc) is 2.55. The van der Waals surface area contributed by atoms with Crippen LogP contribution >= 0.6 is 12.4 Å². The standard InChI is InChI=1S/C17H26N4O2.ClH/c1-13(22)19-15-10-8-14(9-11-15)12-21(18)17(23)20(2)16-6-4-3-5-7-16;/h8-11,16H,3-7,12,18H2,1-2H3,(H,19,22);1H. The number of hydrogen-bond acceptors (Lipinski definition) is 3. The van der Waals surface area contributed by atoms with E-state index >= 15 is 0 Å². The average molecular weight is 355 g/mol. The van der Waals surface area contributed by atoms with E-state index in [-0.39, 0.29) is 24.3 Å². The number of nitrogens with one attached hydrogen (secondary N) is 1. The predicted molar refractivity (Wildman–Crippen MR) is 97.8 cm³/mol. The molecular weight excluding hydrogens is 328 g/mol. The summed E-state index contributed by atoms with van der Waals surface area (Å²) in [4.78, 5) is 25.2. The van der Waals surface area contributed by atoms with Crippen LogP contribution in [0.25, 0.3) is 0 Å².